The van der Waals surface area contributed by atoms with Crippen molar-refractivity contribution in [1.82, 2.24) is 0 Å². The number of phosphoric acid groups is 2. The van der Waals surface area contributed by atoms with Gasteiger partial charge in [0.1, 0.15) is 25.1 Å². The third-order valence-corrected chi connectivity index (χ3v) is 6.96. The SMILES string of the molecule is C/C(C=O)=C\COP(=O)(OC/C=C(\C)C=O)OP(=O)(OC/C=C(\C)C=O)OC/C=C(\C)C=O. The molecule has 11 nitrogen and oxygen atoms in total. The van der Waals surface area contributed by atoms with Crippen LogP contribution in [0.1, 0.15) is 27.7 Å². The fourth-order valence-corrected chi connectivity index (χ4v) is 4.44. The van der Waals surface area contributed by atoms with Crippen molar-refractivity contribution in [3.05, 3.63) is 46.6 Å². The summed E-state index contributed by atoms with van der Waals surface area (Å²) in [6.07, 6.45) is 7.24. The van der Waals surface area contributed by atoms with Gasteiger partial charge < -0.3 is 0 Å². The maximum absolute atomic E-state index is 13.1. The van der Waals surface area contributed by atoms with Crippen LogP contribution in [0.4, 0.5) is 0 Å². The molecule has 0 spiro atoms. The van der Waals surface area contributed by atoms with Gasteiger partial charge in [0.25, 0.3) is 0 Å². The first-order valence-electron chi connectivity index (χ1n) is 9.50. The van der Waals surface area contributed by atoms with Gasteiger partial charge in [-0.15, -0.1) is 0 Å². The highest BCUT2D eigenvalue weighted by Crippen LogP contribution is 2.66. The highest BCUT2D eigenvalue weighted by Gasteiger charge is 2.40. The molecule has 0 atom stereocenters. The molecule has 0 fully saturated rings. The van der Waals surface area contributed by atoms with Crippen LogP contribution in [0.2, 0.25) is 0 Å². The second-order valence-electron chi connectivity index (χ2n) is 6.42. The molecular weight excluding hydrogens is 478 g/mol. The van der Waals surface area contributed by atoms with E-state index in [1.54, 1.807) is 0 Å². The Morgan fingerprint density at radius 2 is 0.727 bits per heavy atom. The average molecular weight is 506 g/mol. The van der Waals surface area contributed by atoms with E-state index in [1.165, 1.54) is 52.0 Å². The van der Waals surface area contributed by atoms with Crippen molar-refractivity contribution in [3.8, 4) is 0 Å². The third-order valence-electron chi connectivity index (χ3n) is 3.50. The van der Waals surface area contributed by atoms with Gasteiger partial charge in [0.05, 0.1) is 26.4 Å². The molecule has 0 N–H and O–H groups in total. The van der Waals surface area contributed by atoms with Gasteiger partial charge in [-0.25, -0.2) is 9.13 Å². The molecule has 0 radical (unpaired) electrons. The van der Waals surface area contributed by atoms with Crippen LogP contribution < -0.4 is 0 Å². The lowest BCUT2D eigenvalue weighted by molar-refractivity contribution is -0.105. The maximum atomic E-state index is 13.1. The number of phosphoric ester groups is 2. The number of rotatable bonds is 18. The van der Waals surface area contributed by atoms with Crippen molar-refractivity contribution in [3.63, 3.8) is 0 Å². The van der Waals surface area contributed by atoms with Crippen LogP contribution in [0.25, 0.3) is 0 Å². The predicted octanol–water partition coefficient (Wildman–Crippen LogP) is 3.87. The van der Waals surface area contributed by atoms with Crippen LogP contribution in [0, 0.1) is 0 Å². The summed E-state index contributed by atoms with van der Waals surface area (Å²) in [4.78, 5) is 42.9. The lowest BCUT2D eigenvalue weighted by Gasteiger charge is -2.22. The van der Waals surface area contributed by atoms with Gasteiger partial charge in [0, 0.05) is 0 Å². The molecule has 0 aromatic heterocycles. The Hall–Kier alpha value is -2.10. The number of hydrogen-bond acceptors (Lipinski definition) is 11. The first-order valence-corrected chi connectivity index (χ1v) is 12.4. The van der Waals surface area contributed by atoms with E-state index in [2.05, 4.69) is 0 Å². The Kier molecular flexibility index (Phi) is 15.5. The van der Waals surface area contributed by atoms with Gasteiger partial charge in [-0.05, 0) is 50.0 Å². The van der Waals surface area contributed by atoms with Crippen LogP contribution in [0.5, 0.6) is 0 Å². The van der Waals surface area contributed by atoms with E-state index in [0.717, 1.165) is 0 Å². The van der Waals surface area contributed by atoms with E-state index < -0.39 is 42.1 Å². The summed E-state index contributed by atoms with van der Waals surface area (Å²) in [7, 11) is -9.26. The van der Waals surface area contributed by atoms with Crippen LogP contribution in [-0.2, 0) is 50.7 Å². The number of carbonyl (C=O) groups excluding carboxylic acids is 4. The predicted molar refractivity (Wildman–Crippen MR) is 119 cm³/mol. The molecule has 0 saturated heterocycles. The Morgan fingerprint density at radius 3 is 0.909 bits per heavy atom. The van der Waals surface area contributed by atoms with Gasteiger partial charge in [-0.2, -0.15) is 4.31 Å². The van der Waals surface area contributed by atoms with E-state index in [4.69, 9.17) is 22.4 Å². The van der Waals surface area contributed by atoms with Crippen LogP contribution in [0.15, 0.2) is 46.6 Å². The van der Waals surface area contributed by atoms with Gasteiger partial charge in [-0.3, -0.25) is 37.3 Å². The first kappa shape index (κ1) is 30.9. The molecule has 0 aliphatic rings. The molecule has 0 aliphatic heterocycles. The smallest absolute Gasteiger partial charge is 0.298 e. The quantitative estimate of drug-likeness (QED) is 0.151. The number of aldehydes is 4. The molecule has 0 aromatic carbocycles. The molecule has 0 rings (SSSR count). The standard InChI is InChI=1S/C20H28O11P2/c1-17(13-21)5-9-27-32(25,28-10-6-18(2)14-22)31-33(26,29-11-7-19(3)15-23)30-12-8-20(4)16-24/h5-8,13-16H,9-12H2,1-4H3/b17-5+,18-6+,19-7+,20-8+. The first-order chi connectivity index (χ1) is 15.5. The Bertz CT molecular complexity index is 764. The summed E-state index contributed by atoms with van der Waals surface area (Å²) in [6.45, 7) is 4.25. The zero-order valence-corrected chi connectivity index (χ0v) is 20.6. The average Bonchev–Trinajstić information content (AvgIpc) is 2.78. The molecular formula is C20H28O11P2. The highest BCUT2D eigenvalue weighted by molar-refractivity contribution is 7.62. The van der Waals surface area contributed by atoms with E-state index >= 15 is 0 Å². The molecule has 0 heterocycles. The Balaban J connectivity index is 5.79. The van der Waals surface area contributed by atoms with E-state index in [1.807, 2.05) is 0 Å². The second-order valence-corrected chi connectivity index (χ2v) is 9.90. The van der Waals surface area contributed by atoms with Crippen molar-refractivity contribution in [1.29, 1.82) is 0 Å². The number of allylic oxidation sites excluding steroid dienone is 4. The van der Waals surface area contributed by atoms with Crippen LogP contribution >= 0.6 is 15.6 Å². The third kappa shape index (κ3) is 14.6. The molecule has 0 aromatic rings. The molecule has 0 saturated carbocycles. The minimum Gasteiger partial charge on any atom is -0.298 e. The Labute approximate surface area is 192 Å². The minimum absolute atomic E-state index is 0.262. The van der Waals surface area contributed by atoms with E-state index in [-0.39, 0.29) is 22.3 Å². The number of hydrogen-bond donors (Lipinski definition) is 0. The molecule has 13 heteroatoms. The molecule has 0 amide bonds. The fourth-order valence-electron chi connectivity index (χ4n) is 1.52. The number of carbonyl (C=O) groups is 4. The van der Waals surface area contributed by atoms with Gasteiger partial charge >= 0.3 is 15.6 Å². The van der Waals surface area contributed by atoms with Crippen LogP contribution in [-0.4, -0.2) is 51.6 Å². The topological polar surface area (TPSA) is 149 Å². The molecule has 0 unspecified atom stereocenters. The maximum Gasteiger partial charge on any atom is 0.484 e. The summed E-state index contributed by atoms with van der Waals surface area (Å²) >= 11 is 0. The van der Waals surface area contributed by atoms with Crippen molar-refractivity contribution < 1.29 is 50.7 Å². The molecule has 0 aliphatic carbocycles. The normalized spacial score (nSPS) is 14.2. The Morgan fingerprint density at radius 1 is 0.515 bits per heavy atom. The zero-order valence-electron chi connectivity index (χ0n) is 18.8. The molecule has 0 bridgehead atoms. The van der Waals surface area contributed by atoms with Crippen molar-refractivity contribution >= 4 is 40.8 Å². The largest absolute Gasteiger partial charge is 0.484 e. The van der Waals surface area contributed by atoms with Crippen LogP contribution in [0.3, 0.4) is 0 Å². The minimum atomic E-state index is -4.63. The van der Waals surface area contributed by atoms with E-state index in [0.29, 0.717) is 25.1 Å². The summed E-state index contributed by atoms with van der Waals surface area (Å²) in [6, 6.07) is 0. The summed E-state index contributed by atoms with van der Waals surface area (Å²) in [5.41, 5.74) is 1.05. The monoisotopic (exact) mass is 506 g/mol. The summed E-state index contributed by atoms with van der Waals surface area (Å²) < 4.78 is 51.6. The fraction of sp³-hybridized carbons (Fsp3) is 0.400. The van der Waals surface area contributed by atoms with Crippen molar-refractivity contribution in [2.75, 3.05) is 26.4 Å². The molecule has 33 heavy (non-hydrogen) atoms. The lowest BCUT2D eigenvalue weighted by atomic mass is 10.3. The van der Waals surface area contributed by atoms with E-state index in [9.17, 15) is 28.3 Å². The molecule has 184 valence electrons. The van der Waals surface area contributed by atoms with Crippen molar-refractivity contribution in [2.24, 2.45) is 0 Å². The highest BCUT2D eigenvalue weighted by atomic mass is 31.3. The second kappa shape index (κ2) is 16.5. The summed E-state index contributed by atoms with van der Waals surface area (Å²) in [5.74, 6) is 0. The summed E-state index contributed by atoms with van der Waals surface area (Å²) in [5, 5.41) is 0. The van der Waals surface area contributed by atoms with Gasteiger partial charge in [0.2, 0.25) is 0 Å². The van der Waals surface area contributed by atoms with Crippen molar-refractivity contribution in [2.45, 2.75) is 27.7 Å². The zero-order chi connectivity index (χ0) is 25.3. The van der Waals surface area contributed by atoms with Gasteiger partial charge in [0.15, 0.2) is 0 Å². The van der Waals surface area contributed by atoms with Gasteiger partial charge in [-0.1, -0.05) is 24.3 Å². The lowest BCUT2D eigenvalue weighted by Crippen LogP contribution is -2.05.